The van der Waals surface area contributed by atoms with E-state index >= 15 is 0 Å². The molecule has 2 aromatic rings. The van der Waals surface area contributed by atoms with E-state index in [2.05, 4.69) is 5.32 Å². The van der Waals surface area contributed by atoms with E-state index in [9.17, 15) is 8.78 Å². The van der Waals surface area contributed by atoms with Crippen LogP contribution in [0.4, 0.5) is 14.5 Å². The summed E-state index contributed by atoms with van der Waals surface area (Å²) in [6, 6.07) is 5.52. The fourth-order valence-electron chi connectivity index (χ4n) is 1.53. The lowest BCUT2D eigenvalue weighted by atomic mass is 10.2. The van der Waals surface area contributed by atoms with Gasteiger partial charge in [0.15, 0.2) is 0 Å². The standard InChI is InChI=1S/C12H12F2N2/c1-15-11-4-5-16(8-11)7-9-2-3-10(13)6-12(9)14/h2-6,8,15H,7H2,1H3. The third-order valence-electron chi connectivity index (χ3n) is 2.41. The van der Waals surface area contributed by atoms with Crippen molar-refractivity contribution < 1.29 is 8.78 Å². The van der Waals surface area contributed by atoms with Crippen molar-refractivity contribution in [2.75, 3.05) is 12.4 Å². The molecule has 0 radical (unpaired) electrons. The van der Waals surface area contributed by atoms with Crippen LogP contribution in [0.5, 0.6) is 0 Å². The molecule has 0 spiro atoms. The molecular weight excluding hydrogens is 210 g/mol. The van der Waals surface area contributed by atoms with E-state index in [1.54, 1.807) is 0 Å². The van der Waals surface area contributed by atoms with Crippen LogP contribution >= 0.6 is 0 Å². The minimum absolute atomic E-state index is 0.397. The molecular formula is C12H12F2N2. The molecule has 1 aromatic carbocycles. The molecule has 4 heteroatoms. The molecule has 0 aliphatic rings. The maximum Gasteiger partial charge on any atom is 0.131 e. The average molecular weight is 222 g/mol. The molecule has 0 fully saturated rings. The molecule has 84 valence electrons. The third-order valence-corrected chi connectivity index (χ3v) is 2.41. The van der Waals surface area contributed by atoms with Crippen LogP contribution in [0, 0.1) is 11.6 Å². The fourth-order valence-corrected chi connectivity index (χ4v) is 1.53. The number of benzene rings is 1. The lowest BCUT2D eigenvalue weighted by Gasteiger charge is -2.04. The molecule has 16 heavy (non-hydrogen) atoms. The van der Waals surface area contributed by atoms with Crippen LogP contribution in [0.25, 0.3) is 0 Å². The summed E-state index contributed by atoms with van der Waals surface area (Å²) in [7, 11) is 1.82. The van der Waals surface area contributed by atoms with Crippen molar-refractivity contribution in [3.05, 3.63) is 53.9 Å². The number of nitrogens with zero attached hydrogens (tertiary/aromatic N) is 1. The van der Waals surface area contributed by atoms with Gasteiger partial charge in [0, 0.05) is 37.6 Å². The van der Waals surface area contributed by atoms with Gasteiger partial charge in [0.2, 0.25) is 0 Å². The monoisotopic (exact) mass is 222 g/mol. The first-order valence-electron chi connectivity index (χ1n) is 4.96. The van der Waals surface area contributed by atoms with E-state index in [0.29, 0.717) is 12.1 Å². The molecule has 0 amide bonds. The zero-order valence-electron chi connectivity index (χ0n) is 8.87. The van der Waals surface area contributed by atoms with Crippen molar-refractivity contribution in [2.24, 2.45) is 0 Å². The van der Waals surface area contributed by atoms with Gasteiger partial charge in [-0.2, -0.15) is 0 Å². The molecule has 0 saturated heterocycles. The Morgan fingerprint density at radius 1 is 1.25 bits per heavy atom. The van der Waals surface area contributed by atoms with Crippen LogP contribution in [0.1, 0.15) is 5.56 Å². The highest BCUT2D eigenvalue weighted by Crippen LogP contribution is 2.13. The Bertz CT molecular complexity index is 492. The van der Waals surface area contributed by atoms with Crippen LogP contribution in [-0.2, 0) is 6.54 Å². The van der Waals surface area contributed by atoms with Gasteiger partial charge >= 0.3 is 0 Å². The van der Waals surface area contributed by atoms with Gasteiger partial charge in [0.05, 0.1) is 5.69 Å². The van der Waals surface area contributed by atoms with Crippen molar-refractivity contribution in [1.29, 1.82) is 0 Å². The Balaban J connectivity index is 2.20. The van der Waals surface area contributed by atoms with E-state index in [0.717, 1.165) is 11.8 Å². The predicted molar refractivity (Wildman–Crippen MR) is 59.4 cm³/mol. The van der Waals surface area contributed by atoms with Gasteiger partial charge in [-0.05, 0) is 12.1 Å². The Labute approximate surface area is 92.5 Å². The molecule has 0 bridgehead atoms. The number of hydrogen-bond donors (Lipinski definition) is 1. The molecule has 1 N–H and O–H groups in total. The summed E-state index contributed by atoms with van der Waals surface area (Å²) in [6.45, 7) is 0.397. The Kier molecular flexibility index (Phi) is 2.90. The highest BCUT2D eigenvalue weighted by atomic mass is 19.1. The van der Waals surface area contributed by atoms with Crippen molar-refractivity contribution in [3.63, 3.8) is 0 Å². The van der Waals surface area contributed by atoms with E-state index in [-0.39, 0.29) is 0 Å². The second-order valence-electron chi connectivity index (χ2n) is 3.56. The summed E-state index contributed by atoms with van der Waals surface area (Å²) in [5.74, 6) is -1.07. The molecule has 0 atom stereocenters. The number of halogens is 2. The largest absolute Gasteiger partial charge is 0.387 e. The average Bonchev–Trinajstić information content (AvgIpc) is 2.70. The molecule has 2 rings (SSSR count). The first kappa shape index (κ1) is 10.7. The second-order valence-corrected chi connectivity index (χ2v) is 3.56. The van der Waals surface area contributed by atoms with E-state index in [4.69, 9.17) is 0 Å². The van der Waals surface area contributed by atoms with Crippen LogP contribution in [-0.4, -0.2) is 11.6 Å². The lowest BCUT2D eigenvalue weighted by molar-refractivity contribution is 0.566. The smallest absolute Gasteiger partial charge is 0.131 e. The molecule has 1 aromatic heterocycles. The summed E-state index contributed by atoms with van der Waals surface area (Å²) in [6.07, 6.45) is 3.71. The van der Waals surface area contributed by atoms with Crippen LogP contribution in [0.2, 0.25) is 0 Å². The predicted octanol–water partition coefficient (Wildman–Crippen LogP) is 2.86. The van der Waals surface area contributed by atoms with Gasteiger partial charge in [-0.25, -0.2) is 8.78 Å². The van der Waals surface area contributed by atoms with Gasteiger partial charge in [-0.15, -0.1) is 0 Å². The zero-order valence-corrected chi connectivity index (χ0v) is 8.87. The van der Waals surface area contributed by atoms with Gasteiger partial charge < -0.3 is 9.88 Å². The van der Waals surface area contributed by atoms with Crippen molar-refractivity contribution >= 4 is 5.69 Å². The van der Waals surface area contributed by atoms with E-state index in [1.165, 1.54) is 12.1 Å². The zero-order chi connectivity index (χ0) is 11.5. The summed E-state index contributed by atoms with van der Waals surface area (Å²) >= 11 is 0. The summed E-state index contributed by atoms with van der Waals surface area (Å²) in [4.78, 5) is 0. The van der Waals surface area contributed by atoms with Crippen LogP contribution < -0.4 is 5.32 Å². The SMILES string of the molecule is CNc1ccn(Cc2ccc(F)cc2F)c1. The Morgan fingerprint density at radius 3 is 2.69 bits per heavy atom. The van der Waals surface area contributed by atoms with Gasteiger partial charge in [0.1, 0.15) is 11.6 Å². The van der Waals surface area contributed by atoms with Gasteiger partial charge in [-0.1, -0.05) is 6.07 Å². The maximum absolute atomic E-state index is 13.4. The summed E-state index contributed by atoms with van der Waals surface area (Å²) in [5, 5.41) is 2.98. The Morgan fingerprint density at radius 2 is 2.06 bits per heavy atom. The van der Waals surface area contributed by atoms with E-state index in [1.807, 2.05) is 30.1 Å². The molecule has 2 nitrogen and oxygen atoms in total. The number of aromatic nitrogens is 1. The first-order chi connectivity index (χ1) is 7.69. The number of rotatable bonds is 3. The fraction of sp³-hybridized carbons (Fsp3) is 0.167. The van der Waals surface area contributed by atoms with Crippen LogP contribution in [0.15, 0.2) is 36.7 Å². The molecule has 0 aliphatic heterocycles. The summed E-state index contributed by atoms with van der Waals surface area (Å²) < 4.78 is 27.9. The molecule has 0 saturated carbocycles. The normalized spacial score (nSPS) is 10.4. The summed E-state index contributed by atoms with van der Waals surface area (Å²) in [5.41, 5.74) is 1.43. The second kappa shape index (κ2) is 4.35. The highest BCUT2D eigenvalue weighted by molar-refractivity contribution is 5.40. The molecule has 0 unspecified atom stereocenters. The molecule has 1 heterocycles. The van der Waals surface area contributed by atoms with Gasteiger partial charge in [0.25, 0.3) is 0 Å². The Hall–Kier alpha value is -1.84. The third kappa shape index (κ3) is 2.21. The van der Waals surface area contributed by atoms with Crippen molar-refractivity contribution in [1.82, 2.24) is 4.57 Å². The number of hydrogen-bond acceptors (Lipinski definition) is 1. The van der Waals surface area contributed by atoms with Crippen molar-refractivity contribution in [3.8, 4) is 0 Å². The number of nitrogens with one attached hydrogen (secondary N) is 1. The maximum atomic E-state index is 13.4. The number of anilines is 1. The minimum Gasteiger partial charge on any atom is -0.387 e. The quantitative estimate of drug-likeness (QED) is 0.845. The van der Waals surface area contributed by atoms with Crippen molar-refractivity contribution in [2.45, 2.75) is 6.54 Å². The lowest BCUT2D eigenvalue weighted by Crippen LogP contribution is -1.99. The van der Waals surface area contributed by atoms with Crippen LogP contribution in [0.3, 0.4) is 0 Å². The highest BCUT2D eigenvalue weighted by Gasteiger charge is 2.04. The van der Waals surface area contributed by atoms with Gasteiger partial charge in [-0.3, -0.25) is 0 Å². The minimum atomic E-state index is -0.551. The van der Waals surface area contributed by atoms with E-state index < -0.39 is 11.6 Å². The molecule has 0 aliphatic carbocycles. The first-order valence-corrected chi connectivity index (χ1v) is 4.96. The topological polar surface area (TPSA) is 17.0 Å².